The van der Waals surface area contributed by atoms with Crippen molar-refractivity contribution in [1.29, 1.82) is 0 Å². The summed E-state index contributed by atoms with van der Waals surface area (Å²) < 4.78 is 13.5. The molecule has 2 rings (SSSR count). The first-order valence-corrected chi connectivity index (χ1v) is 7.21. The monoisotopic (exact) mass is 288 g/mol. The third kappa shape index (κ3) is 3.83. The largest absolute Gasteiger partial charge is 0.338 e. The van der Waals surface area contributed by atoms with Crippen LogP contribution in [0.3, 0.4) is 0 Å². The summed E-state index contributed by atoms with van der Waals surface area (Å²) in [5.74, 6) is 5.00. The maximum absolute atomic E-state index is 13.5. The quantitative estimate of drug-likeness (QED) is 0.807. The molecule has 1 fully saturated rings. The van der Waals surface area contributed by atoms with Crippen LogP contribution in [0.25, 0.3) is 0 Å². The molecule has 0 bridgehead atoms. The van der Waals surface area contributed by atoms with Gasteiger partial charge in [-0.2, -0.15) is 0 Å². The fourth-order valence-electron chi connectivity index (χ4n) is 2.72. The van der Waals surface area contributed by atoms with Gasteiger partial charge in [0.05, 0.1) is 12.1 Å². The van der Waals surface area contributed by atoms with Gasteiger partial charge in [-0.15, -0.1) is 0 Å². The number of carbonyl (C=O) groups excluding carboxylic acids is 1. The van der Waals surface area contributed by atoms with E-state index in [4.69, 9.17) is 5.73 Å². The lowest BCUT2D eigenvalue weighted by molar-refractivity contribution is 0.0582. The summed E-state index contributed by atoms with van der Waals surface area (Å²) in [5, 5.41) is 0. The number of hydrogen-bond acceptors (Lipinski definition) is 2. The van der Waals surface area contributed by atoms with Crippen molar-refractivity contribution in [3.05, 3.63) is 35.1 Å². The van der Waals surface area contributed by atoms with Gasteiger partial charge in [0.25, 0.3) is 5.91 Å². The molecule has 1 saturated heterocycles. The van der Waals surface area contributed by atoms with Gasteiger partial charge in [0.15, 0.2) is 0 Å². The molecule has 1 aromatic carbocycles. The Labute approximate surface area is 125 Å². The van der Waals surface area contributed by atoms with Crippen LogP contribution in [0, 0.1) is 23.1 Å². The van der Waals surface area contributed by atoms with Crippen LogP contribution in [0.5, 0.6) is 0 Å². The first-order chi connectivity index (χ1) is 9.93. The molecule has 0 saturated carbocycles. The molecular formula is C17H21FN2O. The minimum absolute atomic E-state index is 0.102. The number of nitrogens with two attached hydrogens (primary N) is 1. The molecule has 1 aliphatic rings. The second kappa shape index (κ2) is 6.28. The van der Waals surface area contributed by atoms with E-state index < -0.39 is 5.82 Å². The Balaban J connectivity index is 2.31. The van der Waals surface area contributed by atoms with Crippen molar-refractivity contribution in [2.24, 2.45) is 11.1 Å². The molecule has 0 aromatic heterocycles. The first-order valence-electron chi connectivity index (χ1n) is 7.21. The van der Waals surface area contributed by atoms with Crippen molar-refractivity contribution < 1.29 is 9.18 Å². The normalized spacial score (nSPS) is 17.0. The van der Waals surface area contributed by atoms with Crippen molar-refractivity contribution in [2.45, 2.75) is 26.7 Å². The van der Waals surface area contributed by atoms with Crippen LogP contribution in [0.15, 0.2) is 18.2 Å². The van der Waals surface area contributed by atoms with Gasteiger partial charge in [0.1, 0.15) is 5.82 Å². The Morgan fingerprint density at radius 3 is 2.90 bits per heavy atom. The number of carbonyl (C=O) groups is 1. The third-order valence-electron chi connectivity index (χ3n) is 3.72. The highest BCUT2D eigenvalue weighted by atomic mass is 19.1. The van der Waals surface area contributed by atoms with Gasteiger partial charge in [0, 0.05) is 18.7 Å². The second-order valence-corrected chi connectivity index (χ2v) is 6.19. The molecule has 0 radical (unpaired) electrons. The third-order valence-corrected chi connectivity index (χ3v) is 3.72. The highest BCUT2D eigenvalue weighted by molar-refractivity contribution is 5.96. The van der Waals surface area contributed by atoms with Crippen LogP contribution >= 0.6 is 0 Å². The van der Waals surface area contributed by atoms with Crippen molar-refractivity contribution >= 4 is 5.91 Å². The molecule has 0 atom stereocenters. The van der Waals surface area contributed by atoms with Gasteiger partial charge < -0.3 is 10.6 Å². The molecule has 0 spiro atoms. The number of halogens is 1. The average Bonchev–Trinajstić information content (AvgIpc) is 2.44. The number of nitrogens with zero attached hydrogens (tertiary/aromatic N) is 1. The molecule has 21 heavy (non-hydrogen) atoms. The molecule has 0 aliphatic carbocycles. The lowest BCUT2D eigenvalue weighted by Gasteiger charge is -2.38. The van der Waals surface area contributed by atoms with Crippen molar-refractivity contribution in [3.8, 4) is 11.8 Å². The Hall–Kier alpha value is -1.86. The minimum Gasteiger partial charge on any atom is -0.338 e. The van der Waals surface area contributed by atoms with Crippen LogP contribution in [0.1, 0.15) is 42.6 Å². The fourth-order valence-corrected chi connectivity index (χ4v) is 2.72. The van der Waals surface area contributed by atoms with E-state index in [1.165, 1.54) is 12.1 Å². The molecule has 0 unspecified atom stereocenters. The van der Waals surface area contributed by atoms with Gasteiger partial charge in [-0.1, -0.05) is 25.7 Å². The summed E-state index contributed by atoms with van der Waals surface area (Å²) >= 11 is 0. The van der Waals surface area contributed by atoms with E-state index >= 15 is 0 Å². The molecule has 3 nitrogen and oxygen atoms in total. The zero-order chi connectivity index (χ0) is 15.5. The maximum Gasteiger partial charge on any atom is 0.255 e. The topological polar surface area (TPSA) is 46.3 Å². The Bertz CT molecular complexity index is 599. The second-order valence-electron chi connectivity index (χ2n) is 6.19. The van der Waals surface area contributed by atoms with E-state index in [2.05, 4.69) is 25.7 Å². The van der Waals surface area contributed by atoms with Gasteiger partial charge >= 0.3 is 0 Å². The summed E-state index contributed by atoms with van der Waals surface area (Å²) in [6.07, 6.45) is 2.07. The van der Waals surface area contributed by atoms with Crippen molar-refractivity contribution in [1.82, 2.24) is 4.90 Å². The van der Waals surface area contributed by atoms with E-state index in [-0.39, 0.29) is 17.9 Å². The van der Waals surface area contributed by atoms with Gasteiger partial charge in [-0.3, -0.25) is 4.79 Å². The number of likely N-dealkylation sites (tertiary alicyclic amines) is 1. The van der Waals surface area contributed by atoms with E-state index in [9.17, 15) is 9.18 Å². The van der Waals surface area contributed by atoms with Crippen LogP contribution in [-0.2, 0) is 0 Å². The van der Waals surface area contributed by atoms with Gasteiger partial charge in [-0.05, 0) is 36.5 Å². The molecular weight excluding hydrogens is 267 g/mol. The standard InChI is InChI=1S/C17H21FN2O/c1-17(2)8-4-10-20(12-17)16(21)15-11-14(18)7-6-13(15)5-3-9-19/h6-7,11H,4,8-10,12,19H2,1-2H3. The number of amides is 1. The van der Waals surface area contributed by atoms with Crippen LogP contribution in [-0.4, -0.2) is 30.4 Å². The molecule has 4 heteroatoms. The van der Waals surface area contributed by atoms with E-state index in [0.717, 1.165) is 12.8 Å². The van der Waals surface area contributed by atoms with E-state index in [1.54, 1.807) is 11.0 Å². The smallest absolute Gasteiger partial charge is 0.255 e. The van der Waals surface area contributed by atoms with Crippen LogP contribution in [0.4, 0.5) is 4.39 Å². The predicted molar refractivity (Wildman–Crippen MR) is 81.3 cm³/mol. The maximum atomic E-state index is 13.5. The fraction of sp³-hybridized carbons (Fsp3) is 0.471. The Morgan fingerprint density at radius 1 is 1.48 bits per heavy atom. The van der Waals surface area contributed by atoms with Gasteiger partial charge in [-0.25, -0.2) is 4.39 Å². The number of rotatable bonds is 1. The van der Waals surface area contributed by atoms with E-state index in [0.29, 0.717) is 24.2 Å². The SMILES string of the molecule is CC1(C)CCCN(C(=O)c2cc(F)ccc2C#CCN)C1. The molecule has 2 N–H and O–H groups in total. The zero-order valence-electron chi connectivity index (χ0n) is 12.6. The Morgan fingerprint density at radius 2 is 2.24 bits per heavy atom. The first kappa shape index (κ1) is 15.5. The highest BCUT2D eigenvalue weighted by Crippen LogP contribution is 2.29. The highest BCUT2D eigenvalue weighted by Gasteiger charge is 2.30. The summed E-state index contributed by atoms with van der Waals surface area (Å²) in [7, 11) is 0. The average molecular weight is 288 g/mol. The molecule has 112 valence electrons. The number of hydrogen-bond donors (Lipinski definition) is 1. The van der Waals surface area contributed by atoms with Gasteiger partial charge in [0.2, 0.25) is 0 Å². The summed E-state index contributed by atoms with van der Waals surface area (Å²) in [5.41, 5.74) is 6.33. The summed E-state index contributed by atoms with van der Waals surface area (Å²) in [4.78, 5) is 14.5. The zero-order valence-corrected chi connectivity index (χ0v) is 12.6. The molecule has 1 aliphatic heterocycles. The summed E-state index contributed by atoms with van der Waals surface area (Å²) in [6.45, 7) is 5.90. The number of benzene rings is 1. The Kier molecular flexibility index (Phi) is 4.64. The van der Waals surface area contributed by atoms with Crippen molar-refractivity contribution in [3.63, 3.8) is 0 Å². The van der Waals surface area contributed by atoms with Crippen LogP contribution < -0.4 is 5.73 Å². The molecule has 1 heterocycles. The van der Waals surface area contributed by atoms with Crippen molar-refractivity contribution in [2.75, 3.05) is 19.6 Å². The lowest BCUT2D eigenvalue weighted by atomic mass is 9.84. The minimum atomic E-state index is -0.423. The number of piperidine rings is 1. The molecule has 1 aromatic rings. The predicted octanol–water partition coefficient (Wildman–Crippen LogP) is 2.40. The molecule has 1 amide bonds. The van der Waals surface area contributed by atoms with E-state index in [1.807, 2.05) is 0 Å². The van der Waals surface area contributed by atoms with Crippen LogP contribution in [0.2, 0.25) is 0 Å². The summed E-state index contributed by atoms with van der Waals surface area (Å²) in [6, 6.07) is 4.13. The lowest BCUT2D eigenvalue weighted by Crippen LogP contribution is -2.43.